The van der Waals surface area contributed by atoms with Crippen LogP contribution in [0.5, 0.6) is 11.5 Å². The van der Waals surface area contributed by atoms with E-state index in [-0.39, 0.29) is 11.5 Å². The van der Waals surface area contributed by atoms with E-state index in [1.165, 1.54) is 19.1 Å². The maximum Gasteiger partial charge on any atom is 0.166 e. The Labute approximate surface area is 111 Å². The van der Waals surface area contributed by atoms with E-state index in [2.05, 4.69) is 0 Å². The zero-order valence-corrected chi connectivity index (χ0v) is 11.2. The van der Waals surface area contributed by atoms with Crippen molar-refractivity contribution in [2.45, 2.75) is 20.8 Å². The number of hydrogen-bond donors (Lipinski definition) is 0. The summed E-state index contributed by atoms with van der Waals surface area (Å²) in [5, 5.41) is 0. The lowest BCUT2D eigenvalue weighted by molar-refractivity contribution is 0.101. The summed E-state index contributed by atoms with van der Waals surface area (Å²) in [6, 6.07) is 9.92. The highest BCUT2D eigenvalue weighted by atomic mass is 19.1. The van der Waals surface area contributed by atoms with Gasteiger partial charge in [-0.05, 0) is 62.2 Å². The van der Waals surface area contributed by atoms with Gasteiger partial charge in [0.1, 0.15) is 5.75 Å². The predicted molar refractivity (Wildman–Crippen MR) is 72.4 cm³/mol. The summed E-state index contributed by atoms with van der Waals surface area (Å²) in [6.45, 7) is 5.31. The van der Waals surface area contributed by atoms with Gasteiger partial charge in [0.25, 0.3) is 0 Å². The molecule has 0 heterocycles. The molecule has 0 bridgehead atoms. The molecule has 0 fully saturated rings. The van der Waals surface area contributed by atoms with Crippen LogP contribution >= 0.6 is 0 Å². The van der Waals surface area contributed by atoms with Gasteiger partial charge < -0.3 is 4.74 Å². The fraction of sp³-hybridized carbons (Fsp3) is 0.188. The van der Waals surface area contributed by atoms with Crippen molar-refractivity contribution in [1.29, 1.82) is 0 Å². The number of Topliss-reactive ketones (excluding diaryl/α,β-unsaturated/α-hetero) is 1. The third-order valence-corrected chi connectivity index (χ3v) is 2.76. The minimum absolute atomic E-state index is 0.120. The van der Waals surface area contributed by atoms with Crippen LogP contribution in [0.25, 0.3) is 0 Å². The summed E-state index contributed by atoms with van der Waals surface area (Å²) < 4.78 is 19.3. The Morgan fingerprint density at radius 2 is 1.68 bits per heavy atom. The molecule has 2 nitrogen and oxygen atoms in total. The van der Waals surface area contributed by atoms with Crippen LogP contribution in [0.4, 0.5) is 4.39 Å². The highest BCUT2D eigenvalue weighted by Gasteiger charge is 2.08. The summed E-state index contributed by atoms with van der Waals surface area (Å²) in [5.41, 5.74) is 2.44. The molecule has 0 atom stereocenters. The van der Waals surface area contributed by atoms with Gasteiger partial charge in [-0.25, -0.2) is 4.39 Å². The van der Waals surface area contributed by atoms with Crippen molar-refractivity contribution in [2.24, 2.45) is 0 Å². The summed E-state index contributed by atoms with van der Waals surface area (Å²) in [5.74, 6) is 0.00526. The molecule has 0 unspecified atom stereocenters. The van der Waals surface area contributed by atoms with E-state index in [1.54, 1.807) is 6.07 Å². The monoisotopic (exact) mass is 258 g/mol. The highest BCUT2D eigenvalue weighted by molar-refractivity contribution is 5.94. The molecule has 0 aliphatic rings. The zero-order chi connectivity index (χ0) is 14.0. The fourth-order valence-electron chi connectivity index (χ4n) is 1.92. The van der Waals surface area contributed by atoms with Crippen LogP contribution in [-0.2, 0) is 0 Å². The van der Waals surface area contributed by atoms with Crippen LogP contribution in [0.3, 0.4) is 0 Å². The molecule has 0 aromatic heterocycles. The lowest BCUT2D eigenvalue weighted by Crippen LogP contribution is -1.95. The molecule has 0 aliphatic heterocycles. The van der Waals surface area contributed by atoms with E-state index in [0.717, 1.165) is 11.1 Å². The smallest absolute Gasteiger partial charge is 0.166 e. The number of ether oxygens (including phenoxy) is 1. The Balaban J connectivity index is 2.30. The molecule has 19 heavy (non-hydrogen) atoms. The molecule has 2 aromatic rings. The molecule has 3 heteroatoms. The van der Waals surface area contributed by atoms with E-state index < -0.39 is 5.82 Å². The van der Waals surface area contributed by atoms with E-state index in [4.69, 9.17) is 4.74 Å². The highest BCUT2D eigenvalue weighted by Crippen LogP contribution is 2.26. The maximum absolute atomic E-state index is 13.8. The van der Waals surface area contributed by atoms with E-state index in [0.29, 0.717) is 11.3 Å². The van der Waals surface area contributed by atoms with Crippen molar-refractivity contribution in [2.75, 3.05) is 0 Å². The second kappa shape index (κ2) is 5.22. The van der Waals surface area contributed by atoms with Crippen molar-refractivity contribution in [3.63, 3.8) is 0 Å². The third-order valence-electron chi connectivity index (χ3n) is 2.76. The molecule has 0 radical (unpaired) electrons. The van der Waals surface area contributed by atoms with Crippen molar-refractivity contribution in [3.8, 4) is 11.5 Å². The number of aryl methyl sites for hydroxylation is 2. The first-order valence-electron chi connectivity index (χ1n) is 6.02. The number of ketones is 1. The average molecular weight is 258 g/mol. The van der Waals surface area contributed by atoms with Gasteiger partial charge >= 0.3 is 0 Å². The Morgan fingerprint density at radius 3 is 2.21 bits per heavy atom. The molecule has 0 N–H and O–H groups in total. The summed E-state index contributed by atoms with van der Waals surface area (Å²) in [7, 11) is 0. The Kier molecular flexibility index (Phi) is 3.65. The molecule has 0 aliphatic carbocycles. The van der Waals surface area contributed by atoms with E-state index >= 15 is 0 Å². The van der Waals surface area contributed by atoms with Crippen molar-refractivity contribution in [3.05, 3.63) is 58.9 Å². The van der Waals surface area contributed by atoms with Crippen molar-refractivity contribution >= 4 is 5.78 Å². The topological polar surface area (TPSA) is 26.3 Å². The van der Waals surface area contributed by atoms with Gasteiger partial charge in [0, 0.05) is 5.56 Å². The van der Waals surface area contributed by atoms with Crippen molar-refractivity contribution < 1.29 is 13.9 Å². The fourth-order valence-corrected chi connectivity index (χ4v) is 1.92. The third kappa shape index (κ3) is 3.19. The minimum atomic E-state index is -0.535. The lowest BCUT2D eigenvalue weighted by Gasteiger charge is -2.09. The average Bonchev–Trinajstić information content (AvgIpc) is 2.30. The van der Waals surface area contributed by atoms with E-state index in [9.17, 15) is 9.18 Å². The molecular weight excluding hydrogens is 243 g/mol. The Hall–Kier alpha value is -2.16. The van der Waals surface area contributed by atoms with Crippen LogP contribution < -0.4 is 4.74 Å². The standard InChI is InChI=1S/C16H15FO2/c1-10-6-11(2)8-14(7-10)19-16-5-4-13(12(3)18)9-15(16)17/h4-9H,1-3H3. The second-order valence-corrected chi connectivity index (χ2v) is 4.63. The van der Waals surface area contributed by atoms with Crippen LogP contribution in [0.1, 0.15) is 28.4 Å². The molecule has 0 saturated carbocycles. The number of benzene rings is 2. The van der Waals surface area contributed by atoms with Crippen molar-refractivity contribution in [1.82, 2.24) is 0 Å². The van der Waals surface area contributed by atoms with Gasteiger partial charge in [-0.3, -0.25) is 4.79 Å². The summed E-state index contributed by atoms with van der Waals surface area (Å²) in [4.78, 5) is 11.1. The van der Waals surface area contributed by atoms with Crippen LogP contribution in [0, 0.1) is 19.7 Å². The maximum atomic E-state index is 13.8. The normalized spacial score (nSPS) is 10.3. The van der Waals surface area contributed by atoms with Gasteiger partial charge in [0.05, 0.1) is 0 Å². The van der Waals surface area contributed by atoms with Gasteiger partial charge in [0.2, 0.25) is 0 Å². The van der Waals surface area contributed by atoms with E-state index in [1.807, 2.05) is 32.0 Å². The molecule has 0 saturated heterocycles. The Morgan fingerprint density at radius 1 is 1.05 bits per heavy atom. The number of carbonyl (C=O) groups excluding carboxylic acids is 1. The predicted octanol–water partition coefficient (Wildman–Crippen LogP) is 4.44. The quantitative estimate of drug-likeness (QED) is 0.761. The number of halogens is 1. The molecule has 0 amide bonds. The second-order valence-electron chi connectivity index (χ2n) is 4.63. The zero-order valence-electron chi connectivity index (χ0n) is 11.2. The van der Waals surface area contributed by atoms with Crippen LogP contribution in [0.15, 0.2) is 36.4 Å². The number of hydrogen-bond acceptors (Lipinski definition) is 2. The largest absolute Gasteiger partial charge is 0.454 e. The SMILES string of the molecule is CC(=O)c1ccc(Oc2cc(C)cc(C)c2)c(F)c1. The number of carbonyl (C=O) groups is 1. The first-order chi connectivity index (χ1) is 8.95. The number of rotatable bonds is 3. The summed E-state index contributed by atoms with van der Waals surface area (Å²) >= 11 is 0. The summed E-state index contributed by atoms with van der Waals surface area (Å²) in [6.07, 6.45) is 0. The molecular formula is C16H15FO2. The first-order valence-corrected chi connectivity index (χ1v) is 6.02. The first kappa shape index (κ1) is 13.3. The van der Waals surface area contributed by atoms with Crippen LogP contribution in [0.2, 0.25) is 0 Å². The molecule has 98 valence electrons. The molecule has 0 spiro atoms. The molecule has 2 rings (SSSR count). The van der Waals surface area contributed by atoms with Gasteiger partial charge in [-0.1, -0.05) is 6.07 Å². The Bertz CT molecular complexity index is 612. The van der Waals surface area contributed by atoms with Crippen LogP contribution in [-0.4, -0.2) is 5.78 Å². The van der Waals surface area contributed by atoms with Gasteiger partial charge in [0.15, 0.2) is 17.3 Å². The molecule has 2 aromatic carbocycles. The minimum Gasteiger partial charge on any atom is -0.454 e. The lowest BCUT2D eigenvalue weighted by atomic mass is 10.1. The van der Waals surface area contributed by atoms with Gasteiger partial charge in [-0.2, -0.15) is 0 Å². The van der Waals surface area contributed by atoms with Gasteiger partial charge in [-0.15, -0.1) is 0 Å².